The van der Waals surface area contributed by atoms with Gasteiger partial charge in [-0.3, -0.25) is 4.79 Å². The van der Waals surface area contributed by atoms with E-state index in [1.54, 1.807) is 6.92 Å². The number of aliphatic carboxylic acids is 2. The molecule has 1 unspecified atom stereocenters. The summed E-state index contributed by atoms with van der Waals surface area (Å²) in [5, 5.41) is 17.6. The van der Waals surface area contributed by atoms with Crippen LogP contribution >= 0.6 is 0 Å². The lowest BCUT2D eigenvalue weighted by Crippen LogP contribution is -2.42. The molecular weight excluding hydrogens is 288 g/mol. The summed E-state index contributed by atoms with van der Waals surface area (Å²) in [6.45, 7) is 2.65. The lowest BCUT2D eigenvalue weighted by atomic mass is 10.0. The first-order valence-corrected chi connectivity index (χ1v) is 6.95. The molecule has 1 atom stereocenters. The van der Waals surface area contributed by atoms with Gasteiger partial charge in [-0.2, -0.15) is 8.42 Å². The molecule has 2 N–H and O–H groups in total. The van der Waals surface area contributed by atoms with Crippen LogP contribution in [-0.4, -0.2) is 36.2 Å². The molecule has 110 valence electrons. The molecule has 0 heterocycles. The van der Waals surface area contributed by atoms with Crippen LogP contribution in [0.5, 0.6) is 0 Å². The smallest absolute Gasteiger partial charge is 0.337 e. The molecule has 0 aromatic heterocycles. The van der Waals surface area contributed by atoms with Crippen LogP contribution in [0.25, 0.3) is 0 Å². The number of carbonyl (C=O) groups is 2. The zero-order chi connectivity index (χ0) is 15.6. The SMILES string of the molecule is Cc1ccc(S(=O)(=O)OC(C)(CC(=O)O)C(=O)O)cc1. The molecule has 0 fully saturated rings. The molecular formula is C12H14O7S. The van der Waals surface area contributed by atoms with Crippen molar-refractivity contribution >= 4 is 22.1 Å². The summed E-state index contributed by atoms with van der Waals surface area (Å²) in [4.78, 5) is 21.5. The molecule has 0 bridgehead atoms. The van der Waals surface area contributed by atoms with Crippen LogP contribution in [0.3, 0.4) is 0 Å². The van der Waals surface area contributed by atoms with Gasteiger partial charge in [0.15, 0.2) is 5.60 Å². The van der Waals surface area contributed by atoms with Crippen molar-refractivity contribution in [3.63, 3.8) is 0 Å². The molecule has 0 aliphatic heterocycles. The summed E-state index contributed by atoms with van der Waals surface area (Å²) in [7, 11) is -4.37. The fourth-order valence-electron chi connectivity index (χ4n) is 1.42. The van der Waals surface area contributed by atoms with Gasteiger partial charge in [0.2, 0.25) is 0 Å². The van der Waals surface area contributed by atoms with Crippen molar-refractivity contribution in [2.24, 2.45) is 0 Å². The lowest BCUT2D eigenvalue weighted by molar-refractivity contribution is -0.160. The Bertz CT molecular complexity index is 618. The molecule has 7 nitrogen and oxygen atoms in total. The Morgan fingerprint density at radius 1 is 1.20 bits per heavy atom. The molecule has 20 heavy (non-hydrogen) atoms. The molecule has 0 spiro atoms. The second-order valence-corrected chi connectivity index (χ2v) is 6.00. The fourth-order valence-corrected chi connectivity index (χ4v) is 2.60. The average Bonchev–Trinajstić information content (AvgIpc) is 2.27. The summed E-state index contributed by atoms with van der Waals surface area (Å²) < 4.78 is 28.5. The number of carboxylic acid groups (broad SMARTS) is 2. The predicted molar refractivity (Wildman–Crippen MR) is 67.7 cm³/mol. The molecule has 1 aromatic rings. The quantitative estimate of drug-likeness (QED) is 0.753. The monoisotopic (exact) mass is 302 g/mol. The molecule has 0 aliphatic rings. The topological polar surface area (TPSA) is 118 Å². The zero-order valence-electron chi connectivity index (χ0n) is 10.9. The van der Waals surface area contributed by atoms with Crippen molar-refractivity contribution in [1.29, 1.82) is 0 Å². The minimum atomic E-state index is -4.37. The van der Waals surface area contributed by atoms with Crippen molar-refractivity contribution in [3.05, 3.63) is 29.8 Å². The van der Waals surface area contributed by atoms with Crippen LogP contribution in [0.1, 0.15) is 18.9 Å². The van der Waals surface area contributed by atoms with Crippen molar-refractivity contribution < 1.29 is 32.4 Å². The maximum absolute atomic E-state index is 12.0. The Labute approximate surface area is 115 Å². The van der Waals surface area contributed by atoms with Gasteiger partial charge in [0.25, 0.3) is 10.1 Å². The molecule has 8 heteroatoms. The summed E-state index contributed by atoms with van der Waals surface area (Å²) >= 11 is 0. The number of rotatable bonds is 6. The molecule has 1 aromatic carbocycles. The third-order valence-electron chi connectivity index (χ3n) is 2.54. The van der Waals surface area contributed by atoms with Gasteiger partial charge in [-0.1, -0.05) is 17.7 Å². The maximum Gasteiger partial charge on any atom is 0.337 e. The summed E-state index contributed by atoms with van der Waals surface area (Å²) in [5.74, 6) is -3.15. The van der Waals surface area contributed by atoms with E-state index in [0.717, 1.165) is 12.5 Å². The van der Waals surface area contributed by atoms with E-state index >= 15 is 0 Å². The van der Waals surface area contributed by atoms with Gasteiger partial charge >= 0.3 is 11.9 Å². The highest BCUT2D eigenvalue weighted by Gasteiger charge is 2.42. The minimum Gasteiger partial charge on any atom is -0.481 e. The third-order valence-corrected chi connectivity index (χ3v) is 3.98. The van der Waals surface area contributed by atoms with E-state index < -0.39 is 34.1 Å². The van der Waals surface area contributed by atoms with Crippen molar-refractivity contribution in [2.45, 2.75) is 30.8 Å². The number of aryl methyl sites for hydroxylation is 1. The normalized spacial score (nSPS) is 14.5. The average molecular weight is 302 g/mol. The van der Waals surface area contributed by atoms with E-state index in [-0.39, 0.29) is 4.90 Å². The lowest BCUT2D eigenvalue weighted by Gasteiger charge is -2.22. The Morgan fingerprint density at radius 2 is 1.70 bits per heavy atom. The molecule has 0 saturated carbocycles. The largest absolute Gasteiger partial charge is 0.481 e. The van der Waals surface area contributed by atoms with Crippen LogP contribution < -0.4 is 0 Å². The maximum atomic E-state index is 12.0. The minimum absolute atomic E-state index is 0.235. The van der Waals surface area contributed by atoms with Crippen LogP contribution in [0.4, 0.5) is 0 Å². The Kier molecular flexibility index (Phi) is 4.51. The van der Waals surface area contributed by atoms with Crippen LogP contribution in [0.2, 0.25) is 0 Å². The first-order valence-electron chi connectivity index (χ1n) is 5.54. The summed E-state index contributed by atoms with van der Waals surface area (Å²) in [6.07, 6.45) is -0.979. The van der Waals surface area contributed by atoms with Crippen LogP contribution in [-0.2, 0) is 23.9 Å². The van der Waals surface area contributed by atoms with Crippen molar-refractivity contribution in [2.75, 3.05) is 0 Å². The second-order valence-electron chi connectivity index (χ2n) is 4.46. The highest BCUT2D eigenvalue weighted by Crippen LogP contribution is 2.24. The van der Waals surface area contributed by atoms with Crippen LogP contribution in [0, 0.1) is 6.92 Å². The number of hydrogen-bond acceptors (Lipinski definition) is 5. The van der Waals surface area contributed by atoms with Gasteiger partial charge < -0.3 is 10.2 Å². The van der Waals surface area contributed by atoms with Gasteiger partial charge in [0.1, 0.15) is 0 Å². The van der Waals surface area contributed by atoms with E-state index in [1.807, 2.05) is 0 Å². The Balaban J connectivity index is 3.12. The molecule has 0 saturated heterocycles. The number of carboxylic acids is 2. The summed E-state index contributed by atoms with van der Waals surface area (Å²) in [5.41, 5.74) is -1.55. The first-order chi connectivity index (χ1) is 9.07. The summed E-state index contributed by atoms with van der Waals surface area (Å²) in [6, 6.07) is 5.55. The molecule has 1 rings (SSSR count). The van der Waals surface area contributed by atoms with Crippen molar-refractivity contribution in [3.8, 4) is 0 Å². The van der Waals surface area contributed by atoms with Gasteiger partial charge in [-0.25, -0.2) is 8.98 Å². The highest BCUT2D eigenvalue weighted by molar-refractivity contribution is 7.86. The van der Waals surface area contributed by atoms with Crippen molar-refractivity contribution in [1.82, 2.24) is 0 Å². The van der Waals surface area contributed by atoms with E-state index in [9.17, 15) is 18.0 Å². The molecule has 0 amide bonds. The van der Waals surface area contributed by atoms with E-state index in [4.69, 9.17) is 10.2 Å². The zero-order valence-corrected chi connectivity index (χ0v) is 11.7. The fraction of sp³-hybridized carbons (Fsp3) is 0.333. The Hall–Kier alpha value is -1.93. The standard InChI is InChI=1S/C12H14O7S/c1-8-3-5-9(6-4-8)20(17,18)19-12(2,11(15)16)7-10(13)14/h3-6H,7H2,1-2H3,(H,13,14)(H,15,16). The molecule has 0 radical (unpaired) electrons. The molecule has 0 aliphatic carbocycles. The van der Waals surface area contributed by atoms with E-state index in [1.165, 1.54) is 24.3 Å². The number of benzene rings is 1. The van der Waals surface area contributed by atoms with Gasteiger partial charge in [0.05, 0.1) is 11.3 Å². The number of hydrogen-bond donors (Lipinski definition) is 2. The second kappa shape index (κ2) is 5.59. The van der Waals surface area contributed by atoms with E-state index in [0.29, 0.717) is 0 Å². The van der Waals surface area contributed by atoms with E-state index in [2.05, 4.69) is 4.18 Å². The third kappa shape index (κ3) is 3.78. The van der Waals surface area contributed by atoms with Gasteiger partial charge in [-0.05, 0) is 26.0 Å². The predicted octanol–water partition coefficient (Wildman–Crippen LogP) is 1.02. The first kappa shape index (κ1) is 16.1. The Morgan fingerprint density at radius 3 is 2.10 bits per heavy atom. The van der Waals surface area contributed by atoms with Crippen LogP contribution in [0.15, 0.2) is 29.2 Å². The highest BCUT2D eigenvalue weighted by atomic mass is 32.2. The van der Waals surface area contributed by atoms with Gasteiger partial charge in [0, 0.05) is 0 Å². The van der Waals surface area contributed by atoms with Gasteiger partial charge in [-0.15, -0.1) is 0 Å².